The van der Waals surface area contributed by atoms with Crippen molar-refractivity contribution in [2.24, 2.45) is 11.8 Å². The quantitative estimate of drug-likeness (QED) is 0.127. The van der Waals surface area contributed by atoms with Gasteiger partial charge in [0.2, 0.25) is 0 Å². The van der Waals surface area contributed by atoms with Crippen LogP contribution >= 0.6 is 69.3 Å². The molecule has 0 radical (unpaired) electrons. The molecule has 4 nitrogen and oxygen atoms in total. The lowest BCUT2D eigenvalue weighted by Gasteiger charge is -2.31. The Morgan fingerprint density at radius 2 is 1.30 bits per heavy atom. The van der Waals surface area contributed by atoms with Gasteiger partial charge in [-0.15, -0.1) is 69.3 Å². The number of allylic oxidation sites excluding steroid dienone is 3. The molecule has 296 valence electrons. The predicted octanol–water partition coefficient (Wildman–Crippen LogP) is 14.1. The zero-order valence-corrected chi connectivity index (χ0v) is 38.0. The highest BCUT2D eigenvalue weighted by atomic mass is 32.2. The van der Waals surface area contributed by atoms with Gasteiger partial charge >= 0.3 is 0 Å². The third-order valence-electron chi connectivity index (χ3n) is 11.9. The van der Waals surface area contributed by atoms with E-state index in [1.807, 2.05) is 51.5 Å². The second-order valence-electron chi connectivity index (χ2n) is 15.6. The van der Waals surface area contributed by atoms with E-state index in [0.717, 1.165) is 86.9 Å². The van der Waals surface area contributed by atoms with Crippen LogP contribution in [0.4, 0.5) is 0 Å². The van der Waals surface area contributed by atoms with Crippen LogP contribution in [0.5, 0.6) is 0 Å². The van der Waals surface area contributed by atoms with Gasteiger partial charge in [0.25, 0.3) is 11.8 Å². The third kappa shape index (κ3) is 8.18. The molecule has 10 heteroatoms. The first-order valence-corrected chi connectivity index (χ1v) is 26.0. The average molecular weight is 859 g/mol. The van der Waals surface area contributed by atoms with Gasteiger partial charge in [-0.05, 0) is 85.1 Å². The number of rotatable bonds is 18. The Morgan fingerprint density at radius 3 is 1.95 bits per heavy atom. The Morgan fingerprint density at radius 1 is 0.679 bits per heavy atom. The lowest BCUT2D eigenvalue weighted by molar-refractivity contribution is -0.125. The molecule has 5 aliphatic heterocycles. The molecule has 0 N–H and O–H groups in total. The Balaban J connectivity index is 1.17. The SMILES string of the molecule is CCCCC(CC)CN1C(=O)C2=C(C3CC=C(C4=CCC(C5CC=CS5)S4)S3)N(CC(CC)CCCC)C(=O)C2=C1c1ccc(-c2ccc(-c3cccs3)s2)s1. The number of fused-ring (bicyclic) bond motifs is 1. The van der Waals surface area contributed by atoms with E-state index in [1.165, 1.54) is 29.3 Å². The lowest BCUT2D eigenvalue weighted by Crippen LogP contribution is -2.37. The highest BCUT2D eigenvalue weighted by Gasteiger charge is 2.51. The van der Waals surface area contributed by atoms with Gasteiger partial charge in [0.15, 0.2) is 0 Å². The van der Waals surface area contributed by atoms with Crippen molar-refractivity contribution >= 4 is 86.8 Å². The fourth-order valence-electron chi connectivity index (χ4n) is 8.64. The lowest BCUT2D eigenvalue weighted by atomic mass is 9.98. The van der Waals surface area contributed by atoms with Gasteiger partial charge in [-0.3, -0.25) is 9.59 Å². The number of nitrogens with zero attached hydrogens (tertiary/aromatic N) is 2. The zero-order chi connectivity index (χ0) is 38.8. The van der Waals surface area contributed by atoms with Gasteiger partial charge < -0.3 is 9.80 Å². The van der Waals surface area contributed by atoms with Gasteiger partial charge in [-0.1, -0.05) is 90.5 Å². The molecule has 0 bridgehead atoms. The number of unbranched alkanes of at least 4 members (excludes halogenated alkanes) is 2. The number of thiophene rings is 3. The molecule has 0 fully saturated rings. The summed E-state index contributed by atoms with van der Waals surface area (Å²) in [7, 11) is 0. The molecule has 5 unspecified atom stereocenters. The molecular weight excluding hydrogens is 805 g/mol. The van der Waals surface area contributed by atoms with Crippen molar-refractivity contribution in [3.8, 4) is 19.5 Å². The zero-order valence-electron chi connectivity index (χ0n) is 33.1. The second kappa shape index (κ2) is 18.4. The molecule has 0 aliphatic carbocycles. The molecular formula is C46H54N2O2S6. The van der Waals surface area contributed by atoms with E-state index >= 15 is 9.59 Å². The Labute approximate surface area is 359 Å². The molecule has 5 atom stereocenters. The number of thioether (sulfide) groups is 3. The normalized spacial score (nSPS) is 23.3. The van der Waals surface area contributed by atoms with Crippen LogP contribution in [-0.4, -0.2) is 50.5 Å². The summed E-state index contributed by atoms with van der Waals surface area (Å²) in [6.45, 7) is 10.3. The highest BCUT2D eigenvalue weighted by molar-refractivity contribution is 8.10. The first kappa shape index (κ1) is 40.6. The van der Waals surface area contributed by atoms with E-state index in [2.05, 4.69) is 98.0 Å². The molecule has 2 amide bonds. The molecule has 0 aromatic carbocycles. The van der Waals surface area contributed by atoms with Crippen molar-refractivity contribution in [3.63, 3.8) is 0 Å². The maximum Gasteiger partial charge on any atom is 0.261 e. The highest BCUT2D eigenvalue weighted by Crippen LogP contribution is 2.55. The molecule has 0 saturated carbocycles. The molecule has 56 heavy (non-hydrogen) atoms. The van der Waals surface area contributed by atoms with E-state index in [4.69, 9.17) is 0 Å². The van der Waals surface area contributed by atoms with Crippen molar-refractivity contribution < 1.29 is 9.59 Å². The summed E-state index contributed by atoms with van der Waals surface area (Å²) in [6, 6.07) is 13.1. The first-order valence-electron chi connectivity index (χ1n) is 20.8. The van der Waals surface area contributed by atoms with E-state index in [0.29, 0.717) is 46.6 Å². The standard InChI is InChI=1S/C46H54N2O2S6/c1-5-9-13-29(7-3)27-47-43(39-23-21-37(55-39)35-19-17-33(53-35)31-15-11-25-51-31)41-42(45(47)49)44(48(46(41)50)28-30(8-4)14-10-6-2)40-24-22-38(56-40)36-20-18-34(54-36)32-16-12-26-52-32/h11-12,15,17,19-23,25-26,29-30,32,34,40H,5-10,13-14,16,18,24,27-28H2,1-4H3. The van der Waals surface area contributed by atoms with Crippen molar-refractivity contribution in [2.75, 3.05) is 13.1 Å². The Bertz CT molecular complexity index is 2060. The van der Waals surface area contributed by atoms with E-state index in [1.54, 1.807) is 22.7 Å². The Kier molecular flexibility index (Phi) is 13.3. The molecule has 3 aromatic rings. The van der Waals surface area contributed by atoms with Crippen LogP contribution in [0.1, 0.15) is 103 Å². The first-order chi connectivity index (χ1) is 27.4. The minimum Gasteiger partial charge on any atom is -0.310 e. The van der Waals surface area contributed by atoms with Gasteiger partial charge in [0.05, 0.1) is 27.0 Å². The van der Waals surface area contributed by atoms with Crippen LogP contribution in [0.3, 0.4) is 0 Å². The summed E-state index contributed by atoms with van der Waals surface area (Å²) in [5, 5.41) is 5.69. The molecule has 5 aliphatic rings. The van der Waals surface area contributed by atoms with Crippen molar-refractivity contribution in [3.05, 3.63) is 96.9 Å². The monoisotopic (exact) mass is 858 g/mol. The molecule has 8 heterocycles. The number of hydrogen-bond donors (Lipinski definition) is 0. The number of carbonyl (C=O) groups excluding carboxylic acids is 2. The topological polar surface area (TPSA) is 40.6 Å². The number of hydrogen-bond acceptors (Lipinski definition) is 8. The molecule has 3 aromatic heterocycles. The summed E-state index contributed by atoms with van der Waals surface area (Å²) in [4.78, 5) is 43.3. The van der Waals surface area contributed by atoms with E-state index in [9.17, 15) is 0 Å². The predicted molar refractivity (Wildman–Crippen MR) is 248 cm³/mol. The van der Waals surface area contributed by atoms with Crippen LogP contribution in [0.15, 0.2) is 92.1 Å². The number of carbonyl (C=O) groups is 2. The van der Waals surface area contributed by atoms with Gasteiger partial charge in [-0.25, -0.2) is 0 Å². The van der Waals surface area contributed by atoms with Crippen LogP contribution in [0.25, 0.3) is 25.2 Å². The summed E-state index contributed by atoms with van der Waals surface area (Å²) in [5.41, 5.74) is 3.19. The van der Waals surface area contributed by atoms with Crippen LogP contribution in [-0.2, 0) is 9.59 Å². The summed E-state index contributed by atoms with van der Waals surface area (Å²) in [5.74, 6) is 0.862. The smallest absolute Gasteiger partial charge is 0.261 e. The average Bonchev–Trinajstić information content (AvgIpc) is 4.06. The summed E-state index contributed by atoms with van der Waals surface area (Å²) < 4.78 is 0. The third-order valence-corrected chi connectivity index (χ3v) is 19.7. The van der Waals surface area contributed by atoms with Crippen LogP contribution in [0.2, 0.25) is 0 Å². The minimum atomic E-state index is 0.0396. The molecule has 8 rings (SSSR count). The maximum atomic E-state index is 15.2. The van der Waals surface area contributed by atoms with Gasteiger partial charge in [0, 0.05) is 58.6 Å². The van der Waals surface area contributed by atoms with Gasteiger partial charge in [0.1, 0.15) is 0 Å². The minimum absolute atomic E-state index is 0.0396. The molecule has 0 saturated heterocycles. The van der Waals surface area contributed by atoms with Crippen molar-refractivity contribution in [2.45, 2.75) is 114 Å². The number of amides is 2. The Hall–Kier alpha value is -2.21. The van der Waals surface area contributed by atoms with Crippen LogP contribution < -0.4 is 0 Å². The molecule has 0 spiro atoms. The largest absolute Gasteiger partial charge is 0.310 e. The van der Waals surface area contributed by atoms with E-state index < -0.39 is 0 Å². The fourth-order valence-corrected chi connectivity index (χ4v) is 15.6. The van der Waals surface area contributed by atoms with Crippen molar-refractivity contribution in [1.82, 2.24) is 9.80 Å². The van der Waals surface area contributed by atoms with Gasteiger partial charge in [-0.2, -0.15) is 0 Å². The summed E-state index contributed by atoms with van der Waals surface area (Å²) in [6.07, 6.45) is 19.1. The van der Waals surface area contributed by atoms with Crippen LogP contribution in [0, 0.1) is 11.8 Å². The maximum absolute atomic E-state index is 15.2. The van der Waals surface area contributed by atoms with Crippen molar-refractivity contribution in [1.29, 1.82) is 0 Å². The van der Waals surface area contributed by atoms with E-state index in [-0.39, 0.29) is 17.1 Å². The fraction of sp³-hybridized carbons (Fsp3) is 0.478. The second-order valence-corrected chi connectivity index (χ2v) is 22.4. The summed E-state index contributed by atoms with van der Waals surface area (Å²) >= 11 is 11.2.